The zero-order valence-corrected chi connectivity index (χ0v) is 27.7. The fraction of sp³-hybridized carbons (Fsp3) is 0.149. The maximum Gasteiger partial charge on any atom is 0.144 e. The maximum atomic E-state index is 6.97. The summed E-state index contributed by atoms with van der Waals surface area (Å²) in [6.45, 7) is 7.05. The highest BCUT2D eigenvalue weighted by Crippen LogP contribution is 2.56. The lowest BCUT2D eigenvalue weighted by Gasteiger charge is -2.23. The molecule has 0 bridgehead atoms. The van der Waals surface area contributed by atoms with Crippen molar-refractivity contribution in [2.45, 2.75) is 45.4 Å². The highest BCUT2D eigenvalue weighted by Gasteiger charge is 2.39. The van der Waals surface area contributed by atoms with Gasteiger partial charge < -0.3 is 4.42 Å². The summed E-state index contributed by atoms with van der Waals surface area (Å²) in [5.74, 6) is 0. The Morgan fingerprint density at radius 1 is 0.542 bits per heavy atom. The van der Waals surface area contributed by atoms with Crippen molar-refractivity contribution in [3.8, 4) is 33.4 Å². The molecule has 0 saturated carbocycles. The molecule has 0 aliphatic heterocycles. The normalized spacial score (nSPS) is 13.7. The van der Waals surface area contributed by atoms with Crippen LogP contribution in [0.3, 0.4) is 0 Å². The Balaban J connectivity index is 1.37. The van der Waals surface area contributed by atoms with Crippen LogP contribution in [0.15, 0.2) is 132 Å². The molecular weight excluding hydrogens is 581 g/mol. The fourth-order valence-electron chi connectivity index (χ4n) is 8.91. The van der Waals surface area contributed by atoms with Crippen LogP contribution >= 0.6 is 0 Å². The molecule has 1 heterocycles. The van der Waals surface area contributed by atoms with E-state index in [1.165, 1.54) is 106 Å². The van der Waals surface area contributed by atoms with E-state index in [9.17, 15) is 0 Å². The first-order chi connectivity index (χ1) is 23.5. The first-order valence-electron chi connectivity index (χ1n) is 17.4. The van der Waals surface area contributed by atoms with Gasteiger partial charge in [-0.1, -0.05) is 136 Å². The molecule has 1 aliphatic carbocycles. The third-order valence-corrected chi connectivity index (χ3v) is 11.2. The molecule has 1 nitrogen and oxygen atoms in total. The smallest absolute Gasteiger partial charge is 0.144 e. The van der Waals surface area contributed by atoms with Crippen molar-refractivity contribution < 1.29 is 4.42 Å². The summed E-state index contributed by atoms with van der Waals surface area (Å²) in [5.41, 5.74) is 13.7. The molecule has 0 fully saturated rings. The fourth-order valence-corrected chi connectivity index (χ4v) is 8.91. The summed E-state index contributed by atoms with van der Waals surface area (Å²) in [6.07, 6.45) is 3.51. The van der Waals surface area contributed by atoms with Crippen LogP contribution in [-0.2, 0) is 11.8 Å². The summed E-state index contributed by atoms with van der Waals surface area (Å²) < 4.78 is 6.97. The molecule has 8 aromatic carbocycles. The second kappa shape index (κ2) is 10.1. The molecule has 0 atom stereocenters. The number of benzene rings is 8. The molecular formula is C47H36O. The molecule has 1 heteroatoms. The highest BCUT2D eigenvalue weighted by atomic mass is 16.3. The van der Waals surface area contributed by atoms with E-state index >= 15 is 0 Å². The topological polar surface area (TPSA) is 13.1 Å². The number of aryl methyl sites for hydroxylation is 1. The average molecular weight is 617 g/mol. The quantitative estimate of drug-likeness (QED) is 0.138. The monoisotopic (exact) mass is 616 g/mol. The van der Waals surface area contributed by atoms with Crippen molar-refractivity contribution in [2.75, 3.05) is 0 Å². The van der Waals surface area contributed by atoms with Gasteiger partial charge in [0, 0.05) is 21.8 Å². The lowest BCUT2D eigenvalue weighted by atomic mass is 9.79. The van der Waals surface area contributed by atoms with Crippen LogP contribution in [0, 0.1) is 0 Å². The van der Waals surface area contributed by atoms with Crippen molar-refractivity contribution in [2.24, 2.45) is 0 Å². The Bertz CT molecular complexity index is 2670. The van der Waals surface area contributed by atoms with E-state index in [1.54, 1.807) is 0 Å². The molecule has 1 aromatic heterocycles. The number of hydrogen-bond acceptors (Lipinski definition) is 1. The summed E-state index contributed by atoms with van der Waals surface area (Å²) in [7, 11) is 0. The maximum absolute atomic E-state index is 6.97. The molecule has 0 unspecified atom stereocenters. The van der Waals surface area contributed by atoms with Crippen LogP contribution in [0.1, 0.15) is 50.3 Å². The van der Waals surface area contributed by atoms with E-state index in [0.29, 0.717) is 0 Å². The summed E-state index contributed by atoms with van der Waals surface area (Å²) >= 11 is 0. The molecule has 0 amide bonds. The standard InChI is InChI=1S/C47H36O/c1-4-5-14-28-23-24-38-37(25-28)44-39(47(38,2)3)27-36-35(26-30-17-13-22-40-42(30)45(36)46(44)48-40)43-33-20-11-9-18-31(33)41(29-15-7-6-8-16-29)32-19-10-12-21-34(32)43/h6-13,15-27H,4-5,14H2,1-3H3. The van der Waals surface area contributed by atoms with Crippen molar-refractivity contribution >= 4 is 54.3 Å². The zero-order chi connectivity index (χ0) is 32.1. The van der Waals surface area contributed by atoms with E-state index in [-0.39, 0.29) is 5.41 Å². The number of unbranched alkanes of at least 4 members (excludes halogenated alkanes) is 1. The van der Waals surface area contributed by atoms with Crippen LogP contribution in [0.2, 0.25) is 0 Å². The van der Waals surface area contributed by atoms with Crippen LogP contribution in [0.5, 0.6) is 0 Å². The lowest BCUT2D eigenvalue weighted by Crippen LogP contribution is -2.15. The van der Waals surface area contributed by atoms with Gasteiger partial charge in [0.1, 0.15) is 11.2 Å². The van der Waals surface area contributed by atoms with Crippen molar-refractivity contribution in [1.29, 1.82) is 0 Å². The third-order valence-electron chi connectivity index (χ3n) is 11.2. The van der Waals surface area contributed by atoms with E-state index < -0.39 is 0 Å². The Morgan fingerprint density at radius 2 is 1.23 bits per heavy atom. The highest BCUT2D eigenvalue weighted by molar-refractivity contribution is 6.31. The van der Waals surface area contributed by atoms with Crippen LogP contribution < -0.4 is 0 Å². The largest absolute Gasteiger partial charge is 0.455 e. The van der Waals surface area contributed by atoms with Gasteiger partial charge in [-0.25, -0.2) is 0 Å². The van der Waals surface area contributed by atoms with E-state index in [1.807, 2.05) is 0 Å². The number of furan rings is 1. The summed E-state index contributed by atoms with van der Waals surface area (Å²) in [4.78, 5) is 0. The molecule has 230 valence electrons. The molecule has 0 radical (unpaired) electrons. The predicted octanol–water partition coefficient (Wildman–Crippen LogP) is 13.5. The van der Waals surface area contributed by atoms with E-state index in [2.05, 4.69) is 148 Å². The number of rotatable bonds is 5. The molecule has 0 saturated heterocycles. The molecule has 0 N–H and O–H groups in total. The van der Waals surface area contributed by atoms with E-state index in [0.717, 1.165) is 17.6 Å². The summed E-state index contributed by atoms with van der Waals surface area (Å²) in [6, 6.07) is 47.6. The Labute approximate surface area is 280 Å². The second-order valence-corrected chi connectivity index (χ2v) is 14.2. The minimum absolute atomic E-state index is 0.149. The summed E-state index contributed by atoms with van der Waals surface area (Å²) in [5, 5.41) is 10.1. The minimum atomic E-state index is -0.149. The molecule has 0 spiro atoms. The first-order valence-corrected chi connectivity index (χ1v) is 17.4. The number of hydrogen-bond donors (Lipinski definition) is 0. The van der Waals surface area contributed by atoms with Gasteiger partial charge in [-0.15, -0.1) is 0 Å². The van der Waals surface area contributed by atoms with Gasteiger partial charge >= 0.3 is 0 Å². The Morgan fingerprint density at radius 3 is 1.94 bits per heavy atom. The van der Waals surface area contributed by atoms with Crippen molar-refractivity contribution in [1.82, 2.24) is 0 Å². The van der Waals surface area contributed by atoms with Gasteiger partial charge in [0.2, 0.25) is 0 Å². The van der Waals surface area contributed by atoms with Crippen molar-refractivity contribution in [3.05, 3.63) is 144 Å². The lowest BCUT2D eigenvalue weighted by molar-refractivity contribution is 0.654. The minimum Gasteiger partial charge on any atom is -0.455 e. The van der Waals surface area contributed by atoms with Crippen LogP contribution in [0.4, 0.5) is 0 Å². The van der Waals surface area contributed by atoms with E-state index in [4.69, 9.17) is 4.42 Å². The average Bonchev–Trinajstić information content (AvgIpc) is 3.62. The SMILES string of the molecule is CCCCc1ccc2c(c1)-c1c(cc3c(-c4c5ccccc5c(-c5ccccc5)c5ccccc45)cc4cccc5oc1c3c45)C2(C)C. The van der Waals surface area contributed by atoms with Crippen LogP contribution in [0.25, 0.3) is 87.6 Å². The third kappa shape index (κ3) is 3.68. The molecule has 1 aliphatic rings. The van der Waals surface area contributed by atoms with Gasteiger partial charge in [0.05, 0.1) is 0 Å². The van der Waals surface area contributed by atoms with Crippen LogP contribution in [-0.4, -0.2) is 0 Å². The molecule has 48 heavy (non-hydrogen) atoms. The molecule has 10 rings (SSSR count). The Kier molecular flexibility index (Phi) is 5.80. The number of fused-ring (bicyclic) bond motifs is 6. The van der Waals surface area contributed by atoms with Gasteiger partial charge in [-0.3, -0.25) is 0 Å². The van der Waals surface area contributed by atoms with Gasteiger partial charge in [0.15, 0.2) is 0 Å². The van der Waals surface area contributed by atoms with Gasteiger partial charge in [-0.05, 0) is 108 Å². The first kappa shape index (κ1) is 27.7. The predicted molar refractivity (Wildman–Crippen MR) is 204 cm³/mol. The zero-order valence-electron chi connectivity index (χ0n) is 27.7. The van der Waals surface area contributed by atoms with Crippen molar-refractivity contribution in [3.63, 3.8) is 0 Å². The van der Waals surface area contributed by atoms with Gasteiger partial charge in [0.25, 0.3) is 0 Å². The Hall–Kier alpha value is -5.40. The van der Waals surface area contributed by atoms with Gasteiger partial charge in [-0.2, -0.15) is 0 Å². The molecule has 9 aromatic rings. The second-order valence-electron chi connectivity index (χ2n) is 14.2.